The van der Waals surface area contributed by atoms with Gasteiger partial charge in [-0.25, -0.2) is 8.42 Å². The molecule has 3 nitrogen and oxygen atoms in total. The van der Waals surface area contributed by atoms with Crippen molar-refractivity contribution in [3.8, 4) is 0 Å². The highest BCUT2D eigenvalue weighted by atomic mass is 32.2. The molecule has 0 radical (unpaired) electrons. The fourth-order valence-corrected chi connectivity index (χ4v) is 3.02. The van der Waals surface area contributed by atoms with Gasteiger partial charge in [-0.15, -0.1) is 11.3 Å². The van der Waals surface area contributed by atoms with Crippen LogP contribution in [0.1, 0.15) is 31.2 Å². The van der Waals surface area contributed by atoms with Crippen LogP contribution in [-0.2, 0) is 9.84 Å². The second-order valence-electron chi connectivity index (χ2n) is 3.78. The van der Waals surface area contributed by atoms with Gasteiger partial charge in [0.2, 0.25) is 0 Å². The molecule has 1 unspecified atom stereocenters. The number of rotatable bonds is 7. The Bertz CT molecular complexity index is 384. The summed E-state index contributed by atoms with van der Waals surface area (Å²) in [6.45, 7) is 4.54. The summed E-state index contributed by atoms with van der Waals surface area (Å²) in [6, 6.07) is 4.43. The Morgan fingerprint density at radius 1 is 1.50 bits per heavy atom. The predicted molar refractivity (Wildman–Crippen MR) is 69.7 cm³/mol. The van der Waals surface area contributed by atoms with E-state index in [9.17, 15) is 8.42 Å². The highest BCUT2D eigenvalue weighted by molar-refractivity contribution is 7.91. The van der Waals surface area contributed by atoms with E-state index in [2.05, 4.69) is 23.7 Å². The summed E-state index contributed by atoms with van der Waals surface area (Å²) >= 11 is 1.72. The van der Waals surface area contributed by atoms with Crippen LogP contribution in [-0.4, -0.2) is 26.5 Å². The maximum Gasteiger partial charge on any atom is 0.150 e. The van der Waals surface area contributed by atoms with Gasteiger partial charge in [-0.05, 0) is 31.3 Å². The van der Waals surface area contributed by atoms with Gasteiger partial charge in [0.15, 0.2) is 0 Å². The molecule has 0 saturated carbocycles. The summed E-state index contributed by atoms with van der Waals surface area (Å²) in [5.74, 6) is 0.529. The Morgan fingerprint density at radius 3 is 2.81 bits per heavy atom. The van der Waals surface area contributed by atoms with E-state index in [4.69, 9.17) is 0 Å². The SMILES string of the molecule is CCS(=O)(=O)CCCNC(C)c1cccs1. The first-order valence-corrected chi connectivity index (χ1v) is 8.22. The smallest absolute Gasteiger partial charge is 0.150 e. The summed E-state index contributed by atoms with van der Waals surface area (Å²) in [7, 11) is -2.81. The second-order valence-corrected chi connectivity index (χ2v) is 7.23. The van der Waals surface area contributed by atoms with Crippen molar-refractivity contribution in [2.75, 3.05) is 18.1 Å². The van der Waals surface area contributed by atoms with Crippen molar-refractivity contribution in [1.29, 1.82) is 0 Å². The third-order valence-electron chi connectivity index (χ3n) is 2.49. The van der Waals surface area contributed by atoms with Crippen molar-refractivity contribution in [2.24, 2.45) is 0 Å². The molecule has 92 valence electrons. The fourth-order valence-electron chi connectivity index (χ4n) is 1.39. The van der Waals surface area contributed by atoms with Crippen molar-refractivity contribution < 1.29 is 8.42 Å². The largest absolute Gasteiger partial charge is 0.309 e. The van der Waals surface area contributed by atoms with Crippen LogP contribution in [0.25, 0.3) is 0 Å². The molecule has 16 heavy (non-hydrogen) atoms. The number of thiophene rings is 1. The Balaban J connectivity index is 2.22. The van der Waals surface area contributed by atoms with E-state index in [-0.39, 0.29) is 11.5 Å². The van der Waals surface area contributed by atoms with Crippen LogP contribution in [0, 0.1) is 0 Å². The normalized spacial score (nSPS) is 13.9. The zero-order chi connectivity index (χ0) is 12.0. The zero-order valence-corrected chi connectivity index (χ0v) is 11.4. The van der Waals surface area contributed by atoms with Crippen LogP contribution in [0.15, 0.2) is 17.5 Å². The van der Waals surface area contributed by atoms with Crippen LogP contribution in [0.4, 0.5) is 0 Å². The average molecular weight is 261 g/mol. The first-order chi connectivity index (χ1) is 7.55. The molecule has 0 aromatic carbocycles. The van der Waals surface area contributed by atoms with E-state index < -0.39 is 9.84 Å². The Morgan fingerprint density at radius 2 is 2.25 bits per heavy atom. The van der Waals surface area contributed by atoms with Gasteiger partial charge in [-0.2, -0.15) is 0 Å². The van der Waals surface area contributed by atoms with Gasteiger partial charge in [-0.3, -0.25) is 0 Å². The second kappa shape index (κ2) is 6.37. The third kappa shape index (κ3) is 4.63. The van der Waals surface area contributed by atoms with E-state index in [0.29, 0.717) is 12.5 Å². The van der Waals surface area contributed by atoms with E-state index >= 15 is 0 Å². The molecular formula is C11H19NO2S2. The van der Waals surface area contributed by atoms with Crippen molar-refractivity contribution in [3.05, 3.63) is 22.4 Å². The van der Waals surface area contributed by atoms with Gasteiger partial charge in [0.1, 0.15) is 9.84 Å². The maximum absolute atomic E-state index is 11.2. The highest BCUT2D eigenvalue weighted by Crippen LogP contribution is 2.17. The predicted octanol–water partition coefficient (Wildman–Crippen LogP) is 2.22. The molecule has 5 heteroatoms. The Hall–Kier alpha value is -0.390. The molecule has 1 heterocycles. The van der Waals surface area contributed by atoms with Crippen LogP contribution >= 0.6 is 11.3 Å². The van der Waals surface area contributed by atoms with Crippen LogP contribution in [0.5, 0.6) is 0 Å². The lowest BCUT2D eigenvalue weighted by Gasteiger charge is -2.11. The maximum atomic E-state index is 11.2. The van der Waals surface area contributed by atoms with Crippen LogP contribution in [0.2, 0.25) is 0 Å². The third-order valence-corrected chi connectivity index (χ3v) is 5.34. The zero-order valence-electron chi connectivity index (χ0n) is 9.77. The molecule has 0 bridgehead atoms. The first kappa shape index (κ1) is 13.7. The molecule has 0 aliphatic heterocycles. The van der Waals surface area contributed by atoms with Gasteiger partial charge in [0.05, 0.1) is 5.75 Å². The standard InChI is InChI=1S/C11H19NO2S2/c1-3-16(13,14)9-5-7-12-10(2)11-6-4-8-15-11/h4,6,8,10,12H,3,5,7,9H2,1-2H3. The van der Waals surface area contributed by atoms with E-state index in [1.54, 1.807) is 18.3 Å². The van der Waals surface area contributed by atoms with Crippen molar-refractivity contribution in [2.45, 2.75) is 26.3 Å². The lowest BCUT2D eigenvalue weighted by molar-refractivity contribution is 0.565. The number of hydrogen-bond acceptors (Lipinski definition) is 4. The molecule has 0 amide bonds. The molecule has 0 aliphatic rings. The summed E-state index contributed by atoms with van der Waals surface area (Å²) in [4.78, 5) is 1.29. The summed E-state index contributed by atoms with van der Waals surface area (Å²) in [5.41, 5.74) is 0. The molecule has 0 saturated heterocycles. The monoisotopic (exact) mass is 261 g/mol. The lowest BCUT2D eigenvalue weighted by atomic mass is 10.2. The number of nitrogens with one attached hydrogen (secondary N) is 1. The topological polar surface area (TPSA) is 46.2 Å². The van der Waals surface area contributed by atoms with E-state index in [1.165, 1.54) is 4.88 Å². The quantitative estimate of drug-likeness (QED) is 0.766. The van der Waals surface area contributed by atoms with Gasteiger partial charge in [-0.1, -0.05) is 13.0 Å². The van der Waals surface area contributed by atoms with Gasteiger partial charge < -0.3 is 5.32 Å². The number of sulfone groups is 1. The van der Waals surface area contributed by atoms with E-state index in [1.807, 2.05) is 6.07 Å². The Labute approximate surface area is 102 Å². The molecule has 1 aromatic heterocycles. The van der Waals surface area contributed by atoms with Crippen molar-refractivity contribution in [1.82, 2.24) is 5.32 Å². The molecule has 1 N–H and O–H groups in total. The molecule has 1 aromatic rings. The molecular weight excluding hydrogens is 242 g/mol. The van der Waals surface area contributed by atoms with Crippen LogP contribution in [0.3, 0.4) is 0 Å². The fraction of sp³-hybridized carbons (Fsp3) is 0.636. The molecule has 1 atom stereocenters. The summed E-state index contributed by atoms with van der Waals surface area (Å²) < 4.78 is 22.5. The average Bonchev–Trinajstić information content (AvgIpc) is 2.77. The minimum Gasteiger partial charge on any atom is -0.309 e. The minimum absolute atomic E-state index is 0.244. The molecule has 0 spiro atoms. The van der Waals surface area contributed by atoms with Gasteiger partial charge >= 0.3 is 0 Å². The first-order valence-electron chi connectivity index (χ1n) is 5.52. The summed E-state index contributed by atoms with van der Waals surface area (Å²) in [5, 5.41) is 5.38. The lowest BCUT2D eigenvalue weighted by Crippen LogP contribution is -2.21. The van der Waals surface area contributed by atoms with E-state index in [0.717, 1.165) is 6.54 Å². The molecule has 1 rings (SSSR count). The van der Waals surface area contributed by atoms with Gasteiger partial charge in [0.25, 0.3) is 0 Å². The minimum atomic E-state index is -2.81. The molecule has 0 fully saturated rings. The highest BCUT2D eigenvalue weighted by Gasteiger charge is 2.08. The molecule has 0 aliphatic carbocycles. The van der Waals surface area contributed by atoms with Gasteiger partial charge in [0, 0.05) is 16.7 Å². The van der Waals surface area contributed by atoms with Crippen molar-refractivity contribution in [3.63, 3.8) is 0 Å². The number of hydrogen-bond donors (Lipinski definition) is 1. The van der Waals surface area contributed by atoms with Crippen molar-refractivity contribution >= 4 is 21.2 Å². The van der Waals surface area contributed by atoms with Crippen LogP contribution < -0.4 is 5.32 Å². The Kier molecular flexibility index (Phi) is 5.44. The summed E-state index contributed by atoms with van der Waals surface area (Å²) in [6.07, 6.45) is 0.686.